The molecule has 1 heterocycles. The highest BCUT2D eigenvalue weighted by atomic mass is 15.2. The Morgan fingerprint density at radius 3 is 2.00 bits per heavy atom. The molecule has 2 nitrogen and oxygen atoms in total. The maximum Gasteiger partial charge on any atom is 0.0547 e. The van der Waals surface area contributed by atoms with Crippen LogP contribution < -0.4 is 4.90 Å². The van der Waals surface area contributed by atoms with Gasteiger partial charge in [0.1, 0.15) is 0 Å². The molecular weight excluding hydrogens is 629 g/mol. The summed E-state index contributed by atoms with van der Waals surface area (Å²) in [6.07, 6.45) is 17.1. The molecule has 0 aliphatic heterocycles. The third kappa shape index (κ3) is 5.18. The van der Waals surface area contributed by atoms with Crippen LogP contribution in [-0.2, 0) is 0 Å². The fourth-order valence-electron chi connectivity index (χ4n) is 8.42. The highest BCUT2D eigenvalue weighted by Crippen LogP contribution is 2.42. The molecule has 0 saturated carbocycles. The first-order valence-electron chi connectivity index (χ1n) is 18.4. The average molecular weight is 667 g/mol. The Balaban J connectivity index is 1.09. The molecule has 1 aromatic heterocycles. The van der Waals surface area contributed by atoms with Crippen molar-refractivity contribution in [1.29, 1.82) is 0 Å². The van der Waals surface area contributed by atoms with Crippen LogP contribution in [-0.4, -0.2) is 4.57 Å². The first kappa shape index (κ1) is 30.4. The van der Waals surface area contributed by atoms with E-state index in [2.05, 4.69) is 198 Å². The fraction of sp³-hybridized carbons (Fsp3) is 0.0800. The topological polar surface area (TPSA) is 8.17 Å². The van der Waals surface area contributed by atoms with Crippen molar-refractivity contribution < 1.29 is 0 Å². The highest BCUT2D eigenvalue weighted by Gasteiger charge is 2.25. The Morgan fingerprint density at radius 2 is 1.19 bits per heavy atom. The molecule has 1 unspecified atom stereocenters. The van der Waals surface area contributed by atoms with Crippen molar-refractivity contribution in [2.45, 2.75) is 19.3 Å². The van der Waals surface area contributed by atoms with Crippen LogP contribution in [0.4, 0.5) is 11.4 Å². The number of nitrogens with zero attached hydrogens (tertiary/aromatic N) is 2. The highest BCUT2D eigenvalue weighted by molar-refractivity contribution is 6.21. The molecule has 2 aliphatic rings. The van der Waals surface area contributed by atoms with E-state index in [4.69, 9.17) is 0 Å². The summed E-state index contributed by atoms with van der Waals surface area (Å²) in [5.74, 6) is 0.364. The third-order valence-electron chi connectivity index (χ3n) is 10.9. The van der Waals surface area contributed by atoms with Gasteiger partial charge in [-0.05, 0) is 112 Å². The smallest absolute Gasteiger partial charge is 0.0547 e. The van der Waals surface area contributed by atoms with E-state index >= 15 is 0 Å². The summed E-state index contributed by atoms with van der Waals surface area (Å²) in [6, 6.07) is 55.7. The van der Waals surface area contributed by atoms with Crippen molar-refractivity contribution in [3.05, 3.63) is 199 Å². The van der Waals surface area contributed by atoms with Crippen LogP contribution in [0.2, 0.25) is 0 Å². The lowest BCUT2D eigenvalue weighted by molar-refractivity contribution is 0.748. The molecule has 0 radical (unpaired) electrons. The minimum absolute atomic E-state index is 0.364. The van der Waals surface area contributed by atoms with E-state index in [-0.39, 0.29) is 0 Å². The number of hydrogen-bond donors (Lipinski definition) is 0. The number of fused-ring (bicyclic) bond motifs is 6. The summed E-state index contributed by atoms with van der Waals surface area (Å²) < 4.78 is 2.42. The van der Waals surface area contributed by atoms with Gasteiger partial charge in [0, 0.05) is 39.4 Å². The standard InChI is InChI=1S/C50H38N2/c1-2-13-37(14-3-1)44-17-8-10-20-47(44)51(41-27-24-36(25-28-41)40-23-22-35-12-4-5-16-39(35)34-40)42-29-31-43(32-30-42)52-48-21-11-9-19-46(48)50-45-18-7-6-15-38(45)26-33-49(50)52/h1-7,9,11-13,15-34,37H,8,10,14H2. The molecule has 0 spiro atoms. The first-order chi connectivity index (χ1) is 25.8. The maximum atomic E-state index is 2.48. The Labute approximate surface area is 304 Å². The number of benzene rings is 7. The molecule has 52 heavy (non-hydrogen) atoms. The normalized spacial score (nSPS) is 15.7. The molecule has 7 aromatic carbocycles. The zero-order chi connectivity index (χ0) is 34.4. The van der Waals surface area contributed by atoms with Crippen LogP contribution in [0.5, 0.6) is 0 Å². The van der Waals surface area contributed by atoms with Crippen LogP contribution in [0.25, 0.3) is 60.2 Å². The predicted octanol–water partition coefficient (Wildman–Crippen LogP) is 13.6. The van der Waals surface area contributed by atoms with Gasteiger partial charge in [-0.2, -0.15) is 0 Å². The molecule has 2 aliphatic carbocycles. The van der Waals surface area contributed by atoms with Crippen LogP contribution in [0, 0.1) is 5.92 Å². The van der Waals surface area contributed by atoms with E-state index in [1.54, 1.807) is 0 Å². The Hall–Kier alpha value is -6.38. The van der Waals surface area contributed by atoms with E-state index in [1.165, 1.54) is 65.7 Å². The van der Waals surface area contributed by atoms with Gasteiger partial charge in [0.2, 0.25) is 0 Å². The van der Waals surface area contributed by atoms with Gasteiger partial charge in [0.15, 0.2) is 0 Å². The second-order valence-electron chi connectivity index (χ2n) is 14.0. The number of rotatable bonds is 6. The van der Waals surface area contributed by atoms with Gasteiger partial charge < -0.3 is 9.47 Å². The van der Waals surface area contributed by atoms with E-state index in [0.717, 1.165) is 36.3 Å². The monoisotopic (exact) mass is 666 g/mol. The van der Waals surface area contributed by atoms with Crippen molar-refractivity contribution in [1.82, 2.24) is 4.57 Å². The lowest BCUT2D eigenvalue weighted by Crippen LogP contribution is -2.22. The van der Waals surface area contributed by atoms with Crippen molar-refractivity contribution in [3.63, 3.8) is 0 Å². The maximum absolute atomic E-state index is 2.48. The summed E-state index contributed by atoms with van der Waals surface area (Å²) in [7, 11) is 0. The Bertz CT molecular complexity index is 2750. The van der Waals surface area contributed by atoms with Crippen molar-refractivity contribution in [2.24, 2.45) is 5.92 Å². The quantitative estimate of drug-likeness (QED) is 0.171. The van der Waals surface area contributed by atoms with E-state index in [1.807, 2.05) is 0 Å². The van der Waals surface area contributed by atoms with Gasteiger partial charge in [0.05, 0.1) is 11.0 Å². The molecule has 0 fully saturated rings. The molecule has 0 bridgehead atoms. The number of para-hydroxylation sites is 1. The fourth-order valence-corrected chi connectivity index (χ4v) is 8.42. The van der Waals surface area contributed by atoms with Gasteiger partial charge in [-0.1, -0.05) is 134 Å². The van der Waals surface area contributed by atoms with E-state index in [9.17, 15) is 0 Å². The summed E-state index contributed by atoms with van der Waals surface area (Å²) in [5.41, 5.74) is 11.1. The Kier molecular flexibility index (Phi) is 7.46. The number of hydrogen-bond acceptors (Lipinski definition) is 1. The van der Waals surface area contributed by atoms with E-state index < -0.39 is 0 Å². The lowest BCUT2D eigenvalue weighted by Gasteiger charge is -2.34. The molecule has 1 atom stereocenters. The summed E-state index contributed by atoms with van der Waals surface area (Å²) in [6.45, 7) is 0. The molecule has 0 amide bonds. The van der Waals surface area contributed by atoms with Crippen molar-refractivity contribution in [3.8, 4) is 16.8 Å². The molecule has 8 aromatic rings. The number of allylic oxidation sites excluding steroid dienone is 7. The second kappa shape index (κ2) is 12.7. The molecule has 2 heteroatoms. The average Bonchev–Trinajstić information content (AvgIpc) is 3.57. The summed E-state index contributed by atoms with van der Waals surface area (Å²) >= 11 is 0. The van der Waals surface area contributed by atoms with Crippen molar-refractivity contribution in [2.75, 3.05) is 4.90 Å². The van der Waals surface area contributed by atoms with Gasteiger partial charge in [-0.15, -0.1) is 0 Å². The molecule has 0 N–H and O–H groups in total. The zero-order valence-corrected chi connectivity index (χ0v) is 29.0. The third-order valence-corrected chi connectivity index (χ3v) is 10.9. The SMILES string of the molecule is C1=CCC(C2=CCCC=C2N(c2ccc(-c3ccc4ccccc4c3)cc2)c2ccc(-n3c4ccccc4c4c5ccccc5ccc43)cc2)C=C1. The zero-order valence-electron chi connectivity index (χ0n) is 29.0. The van der Waals surface area contributed by atoms with E-state index in [0.29, 0.717) is 5.92 Å². The Morgan fingerprint density at radius 1 is 0.519 bits per heavy atom. The number of aromatic nitrogens is 1. The van der Waals surface area contributed by atoms with Gasteiger partial charge in [-0.3, -0.25) is 0 Å². The summed E-state index contributed by atoms with van der Waals surface area (Å²) in [4.78, 5) is 2.48. The predicted molar refractivity (Wildman–Crippen MR) is 222 cm³/mol. The first-order valence-corrected chi connectivity index (χ1v) is 18.4. The van der Waals surface area contributed by atoms with Gasteiger partial charge in [0.25, 0.3) is 0 Å². The molecule has 0 saturated heterocycles. The second-order valence-corrected chi connectivity index (χ2v) is 14.0. The van der Waals surface area contributed by atoms with Crippen LogP contribution in [0.15, 0.2) is 199 Å². The summed E-state index contributed by atoms with van der Waals surface area (Å²) in [5, 5.41) is 7.68. The van der Waals surface area contributed by atoms with Crippen LogP contribution >= 0.6 is 0 Å². The van der Waals surface area contributed by atoms with Gasteiger partial charge >= 0.3 is 0 Å². The molecule has 10 rings (SSSR count). The van der Waals surface area contributed by atoms with Crippen LogP contribution in [0.3, 0.4) is 0 Å². The van der Waals surface area contributed by atoms with Gasteiger partial charge in [-0.25, -0.2) is 0 Å². The number of anilines is 2. The minimum Gasteiger partial charge on any atom is -0.311 e. The lowest BCUT2D eigenvalue weighted by atomic mass is 9.86. The molecule has 248 valence electrons. The molecular formula is C50H38N2. The van der Waals surface area contributed by atoms with Crippen molar-refractivity contribution >= 4 is 54.7 Å². The largest absolute Gasteiger partial charge is 0.311 e. The minimum atomic E-state index is 0.364. The van der Waals surface area contributed by atoms with Crippen LogP contribution in [0.1, 0.15) is 19.3 Å².